The number of thiazole rings is 1. The molecule has 1 fully saturated rings. The Kier molecular flexibility index (Phi) is 2.67. The number of amidine groups is 1. The van der Waals surface area contributed by atoms with Crippen molar-refractivity contribution in [3.8, 4) is 0 Å². The number of urea groups is 1. The summed E-state index contributed by atoms with van der Waals surface area (Å²) in [5, 5.41) is 3.06. The average Bonchev–Trinajstić information content (AvgIpc) is 2.90. The van der Waals surface area contributed by atoms with Crippen LogP contribution in [-0.2, 0) is 5.41 Å². The summed E-state index contributed by atoms with van der Waals surface area (Å²) in [6.07, 6.45) is 2.09. The van der Waals surface area contributed by atoms with Crippen molar-refractivity contribution in [2.75, 3.05) is 0 Å². The molecule has 5 nitrogen and oxygen atoms in total. The van der Waals surface area contributed by atoms with Gasteiger partial charge in [0.2, 0.25) is 0 Å². The SMILES string of the molecule is CC(C)(C)c1nc(C2C(N)=NC(=O)N2C2CC2)cs1. The summed E-state index contributed by atoms with van der Waals surface area (Å²) in [6, 6.07) is -0.176. The van der Waals surface area contributed by atoms with Gasteiger partial charge in [0.05, 0.1) is 10.7 Å². The first-order valence-corrected chi connectivity index (χ1v) is 7.38. The zero-order valence-corrected chi connectivity index (χ0v) is 12.2. The highest BCUT2D eigenvalue weighted by atomic mass is 32.1. The van der Waals surface area contributed by atoms with Crippen LogP contribution in [0.5, 0.6) is 0 Å². The lowest BCUT2D eigenvalue weighted by atomic mass is 9.98. The second-order valence-corrected chi connectivity index (χ2v) is 7.05. The van der Waals surface area contributed by atoms with Gasteiger partial charge in [-0.1, -0.05) is 20.8 Å². The summed E-state index contributed by atoms with van der Waals surface area (Å²) in [5.41, 5.74) is 6.80. The van der Waals surface area contributed by atoms with E-state index in [1.807, 2.05) is 5.38 Å². The maximum Gasteiger partial charge on any atom is 0.346 e. The molecule has 1 saturated carbocycles. The third-order valence-corrected chi connectivity index (χ3v) is 4.67. The number of carbonyl (C=O) groups excluding carboxylic acids is 1. The molecule has 0 bridgehead atoms. The van der Waals surface area contributed by atoms with Crippen LogP contribution in [0.2, 0.25) is 0 Å². The van der Waals surface area contributed by atoms with Gasteiger partial charge in [0.25, 0.3) is 0 Å². The Bertz CT molecular complexity index is 553. The molecular formula is C13H18N4OS. The van der Waals surface area contributed by atoms with Crippen molar-refractivity contribution in [2.45, 2.75) is 51.1 Å². The van der Waals surface area contributed by atoms with Crippen LogP contribution in [-0.4, -0.2) is 27.8 Å². The van der Waals surface area contributed by atoms with Crippen molar-refractivity contribution in [3.63, 3.8) is 0 Å². The average molecular weight is 278 g/mol. The fraction of sp³-hybridized carbons (Fsp3) is 0.615. The van der Waals surface area contributed by atoms with E-state index in [0.29, 0.717) is 11.9 Å². The Morgan fingerprint density at radius 1 is 1.42 bits per heavy atom. The third-order valence-electron chi connectivity index (χ3n) is 3.39. The number of nitrogens with zero attached hydrogens (tertiary/aromatic N) is 3. The van der Waals surface area contributed by atoms with E-state index in [9.17, 15) is 4.79 Å². The van der Waals surface area contributed by atoms with Crippen LogP contribution in [0.25, 0.3) is 0 Å². The zero-order chi connectivity index (χ0) is 13.8. The number of carbonyl (C=O) groups is 1. The van der Waals surface area contributed by atoms with Crippen molar-refractivity contribution in [1.82, 2.24) is 9.88 Å². The molecule has 3 rings (SSSR count). The topological polar surface area (TPSA) is 71.6 Å². The number of hydrogen-bond donors (Lipinski definition) is 1. The van der Waals surface area contributed by atoms with Crippen molar-refractivity contribution < 1.29 is 4.79 Å². The number of hydrogen-bond acceptors (Lipinski definition) is 4. The van der Waals surface area contributed by atoms with Crippen molar-refractivity contribution >= 4 is 23.2 Å². The van der Waals surface area contributed by atoms with E-state index >= 15 is 0 Å². The van der Waals surface area contributed by atoms with Crippen molar-refractivity contribution in [1.29, 1.82) is 0 Å². The lowest BCUT2D eigenvalue weighted by Crippen LogP contribution is -2.35. The molecule has 1 aromatic heterocycles. The van der Waals surface area contributed by atoms with Crippen LogP contribution in [0.3, 0.4) is 0 Å². The molecule has 1 atom stereocenters. The Balaban J connectivity index is 1.94. The highest BCUT2D eigenvalue weighted by Crippen LogP contribution is 2.39. The van der Waals surface area contributed by atoms with Gasteiger partial charge in [0, 0.05) is 16.8 Å². The molecule has 0 spiro atoms. The first-order chi connectivity index (χ1) is 8.88. The lowest BCUT2D eigenvalue weighted by Gasteiger charge is -2.22. The van der Waals surface area contributed by atoms with Gasteiger partial charge >= 0.3 is 6.03 Å². The van der Waals surface area contributed by atoms with E-state index in [4.69, 9.17) is 5.73 Å². The number of rotatable bonds is 2. The quantitative estimate of drug-likeness (QED) is 0.903. The predicted molar refractivity (Wildman–Crippen MR) is 75.4 cm³/mol. The molecule has 6 heteroatoms. The molecule has 102 valence electrons. The maximum atomic E-state index is 11.9. The molecule has 1 unspecified atom stereocenters. The van der Waals surface area contributed by atoms with E-state index in [-0.39, 0.29) is 17.5 Å². The first-order valence-electron chi connectivity index (χ1n) is 6.50. The van der Waals surface area contributed by atoms with Gasteiger partial charge in [-0.3, -0.25) is 0 Å². The van der Waals surface area contributed by atoms with Gasteiger partial charge < -0.3 is 10.6 Å². The minimum absolute atomic E-state index is 0.0157. The predicted octanol–water partition coefficient (Wildman–Crippen LogP) is 2.44. The second kappa shape index (κ2) is 4.03. The van der Waals surface area contributed by atoms with Gasteiger partial charge in [-0.05, 0) is 12.8 Å². The van der Waals surface area contributed by atoms with Gasteiger partial charge in [0.1, 0.15) is 11.9 Å². The number of aromatic nitrogens is 1. The van der Waals surface area contributed by atoms with E-state index in [1.165, 1.54) is 0 Å². The highest BCUT2D eigenvalue weighted by Gasteiger charge is 2.44. The normalized spacial score (nSPS) is 23.9. The Labute approximate surface area is 116 Å². The van der Waals surface area contributed by atoms with Gasteiger partial charge in [0.15, 0.2) is 0 Å². The number of aliphatic imine (C=N–C) groups is 1. The summed E-state index contributed by atoms with van der Waals surface area (Å²) < 4.78 is 0. The molecule has 2 aliphatic rings. The highest BCUT2D eigenvalue weighted by molar-refractivity contribution is 7.09. The fourth-order valence-corrected chi connectivity index (χ4v) is 3.18. The van der Waals surface area contributed by atoms with Crippen LogP contribution >= 0.6 is 11.3 Å². The molecule has 0 aromatic carbocycles. The summed E-state index contributed by atoms with van der Waals surface area (Å²) in [4.78, 5) is 22.3. The first kappa shape index (κ1) is 12.6. The number of nitrogens with two attached hydrogens (primary N) is 1. The molecule has 1 aromatic rings. The van der Waals surface area contributed by atoms with Crippen molar-refractivity contribution in [3.05, 3.63) is 16.1 Å². The summed E-state index contributed by atoms with van der Waals surface area (Å²) in [7, 11) is 0. The Hall–Kier alpha value is -1.43. The van der Waals surface area contributed by atoms with Gasteiger partial charge in [-0.2, -0.15) is 4.99 Å². The monoisotopic (exact) mass is 278 g/mol. The molecule has 1 aliphatic carbocycles. The van der Waals surface area contributed by atoms with E-state index < -0.39 is 0 Å². The molecule has 2 N–H and O–H groups in total. The summed E-state index contributed by atoms with van der Waals surface area (Å²) >= 11 is 1.62. The molecule has 2 amide bonds. The summed E-state index contributed by atoms with van der Waals surface area (Å²) in [6.45, 7) is 6.39. The Morgan fingerprint density at radius 2 is 2.11 bits per heavy atom. The minimum atomic E-state index is -0.257. The minimum Gasteiger partial charge on any atom is -0.385 e. The van der Waals surface area contributed by atoms with E-state index in [2.05, 4.69) is 30.7 Å². The van der Waals surface area contributed by atoms with Gasteiger partial charge in [-0.25, -0.2) is 9.78 Å². The van der Waals surface area contributed by atoms with Crippen LogP contribution in [0.4, 0.5) is 4.79 Å². The smallest absolute Gasteiger partial charge is 0.346 e. The molecule has 19 heavy (non-hydrogen) atoms. The Morgan fingerprint density at radius 3 is 2.63 bits per heavy atom. The largest absolute Gasteiger partial charge is 0.385 e. The van der Waals surface area contributed by atoms with Crippen molar-refractivity contribution in [2.24, 2.45) is 10.7 Å². The van der Waals surface area contributed by atoms with Crippen LogP contribution < -0.4 is 5.73 Å². The van der Waals surface area contributed by atoms with Crippen LogP contribution in [0.1, 0.15) is 50.4 Å². The van der Waals surface area contributed by atoms with Gasteiger partial charge in [-0.15, -0.1) is 11.3 Å². The maximum absolute atomic E-state index is 11.9. The number of amides is 2. The second-order valence-electron chi connectivity index (χ2n) is 6.19. The molecular weight excluding hydrogens is 260 g/mol. The molecule has 0 radical (unpaired) electrons. The van der Waals surface area contributed by atoms with Crippen LogP contribution in [0, 0.1) is 0 Å². The molecule has 0 saturated heterocycles. The van der Waals surface area contributed by atoms with E-state index in [0.717, 1.165) is 23.5 Å². The molecule has 2 heterocycles. The molecule has 1 aliphatic heterocycles. The standard InChI is InChI=1S/C13H18N4OS/c1-13(2,3)11-15-8(6-19-11)9-10(14)16-12(18)17(9)7-4-5-7/h6-7,9H,4-5H2,1-3H3,(H2,14,16,18). The summed E-state index contributed by atoms with van der Waals surface area (Å²) in [5.74, 6) is 0.377. The lowest BCUT2D eigenvalue weighted by molar-refractivity contribution is 0.202. The fourth-order valence-electron chi connectivity index (χ4n) is 2.25. The third kappa shape index (κ3) is 2.14. The zero-order valence-electron chi connectivity index (χ0n) is 11.4. The van der Waals surface area contributed by atoms with Crippen LogP contribution in [0.15, 0.2) is 10.4 Å². The van der Waals surface area contributed by atoms with E-state index in [1.54, 1.807) is 16.2 Å².